The fraction of sp³-hybridized carbons (Fsp3) is 0.346. The van der Waals surface area contributed by atoms with E-state index in [0.717, 1.165) is 67.2 Å². The van der Waals surface area contributed by atoms with Gasteiger partial charge in [0, 0.05) is 39.7 Å². The van der Waals surface area contributed by atoms with Crippen LogP contribution in [0.2, 0.25) is 0 Å². The number of nitrogens with one attached hydrogen (secondary N) is 1. The summed E-state index contributed by atoms with van der Waals surface area (Å²) in [5, 5.41) is 30.3. The lowest BCUT2D eigenvalue weighted by Gasteiger charge is -2.38. The molecule has 0 spiro atoms. The van der Waals surface area contributed by atoms with Crippen LogP contribution in [0.25, 0.3) is 44.9 Å². The van der Waals surface area contributed by atoms with Crippen molar-refractivity contribution in [3.05, 3.63) is 46.0 Å². The standard InChI is InChI=1S/C26H23N3O4/c1-25-26(32,12-30)10-18(33-25)28-16-8-4-2-6-13(16)20-21-15(11-27-24(21)31)19-14-7-3-5-9-17(14)29(25)23(19)22(20)28/h2,4,6-9,18,30,32H,3,5,10-12H2,1H3,(H,27,31)/t18-,25+,26+/m1/s1. The Kier molecular flexibility index (Phi) is 3.05. The molecule has 2 aromatic carbocycles. The summed E-state index contributed by atoms with van der Waals surface area (Å²) in [5.74, 6) is -0.0375. The van der Waals surface area contributed by atoms with Crippen molar-refractivity contribution < 1.29 is 19.7 Å². The number of para-hydroxylation sites is 1. The number of hydrogen-bond acceptors (Lipinski definition) is 4. The van der Waals surface area contributed by atoms with Crippen LogP contribution in [0.15, 0.2) is 24.3 Å². The Morgan fingerprint density at radius 1 is 1.18 bits per heavy atom. The molecule has 1 amide bonds. The number of ether oxygens (including phenoxy) is 1. The van der Waals surface area contributed by atoms with Crippen molar-refractivity contribution in [2.24, 2.45) is 0 Å². The topological polar surface area (TPSA) is 88.7 Å². The first-order valence-corrected chi connectivity index (χ1v) is 11.6. The van der Waals surface area contributed by atoms with Crippen molar-refractivity contribution in [3.8, 4) is 0 Å². The van der Waals surface area contributed by atoms with E-state index in [4.69, 9.17) is 4.74 Å². The smallest absolute Gasteiger partial charge is 0.252 e. The zero-order valence-corrected chi connectivity index (χ0v) is 18.2. The maximum Gasteiger partial charge on any atom is 0.252 e. The highest BCUT2D eigenvalue weighted by Crippen LogP contribution is 2.54. The minimum Gasteiger partial charge on any atom is -0.393 e. The molecule has 5 heterocycles. The molecule has 8 rings (SSSR count). The van der Waals surface area contributed by atoms with Gasteiger partial charge in [-0.05, 0) is 31.4 Å². The summed E-state index contributed by atoms with van der Waals surface area (Å²) in [6, 6.07) is 8.10. The zero-order valence-electron chi connectivity index (χ0n) is 18.2. The summed E-state index contributed by atoms with van der Waals surface area (Å²) in [5.41, 5.74) is 2.09. The third-order valence-corrected chi connectivity index (χ3v) is 8.46. The average molecular weight is 441 g/mol. The zero-order chi connectivity index (χ0) is 22.3. The first kappa shape index (κ1) is 18.3. The van der Waals surface area contributed by atoms with Gasteiger partial charge >= 0.3 is 0 Å². The van der Waals surface area contributed by atoms with E-state index in [1.54, 1.807) is 0 Å². The number of rotatable bonds is 1. The third kappa shape index (κ3) is 1.79. The molecule has 3 aliphatic heterocycles. The van der Waals surface area contributed by atoms with Crippen LogP contribution in [-0.4, -0.2) is 37.5 Å². The Hall–Kier alpha value is -3.13. The highest BCUT2D eigenvalue weighted by molar-refractivity contribution is 6.27. The molecule has 33 heavy (non-hydrogen) atoms. The summed E-state index contributed by atoms with van der Waals surface area (Å²) < 4.78 is 11.0. The normalized spacial score (nSPS) is 29.3. The number of amides is 1. The minimum absolute atomic E-state index is 0.0375. The van der Waals surface area contributed by atoms with Gasteiger partial charge in [-0.1, -0.05) is 30.4 Å². The first-order chi connectivity index (χ1) is 16.0. The van der Waals surface area contributed by atoms with E-state index in [0.29, 0.717) is 6.54 Å². The molecule has 1 aliphatic carbocycles. The summed E-state index contributed by atoms with van der Waals surface area (Å²) in [6.07, 6.45) is 6.05. The van der Waals surface area contributed by atoms with Crippen LogP contribution in [0.4, 0.5) is 0 Å². The molecule has 4 aromatic rings. The van der Waals surface area contributed by atoms with E-state index in [2.05, 4.69) is 32.7 Å². The third-order valence-electron chi connectivity index (χ3n) is 8.46. The molecule has 1 saturated heterocycles. The van der Waals surface area contributed by atoms with Gasteiger partial charge in [0.25, 0.3) is 5.91 Å². The molecule has 3 N–H and O–H groups in total. The van der Waals surface area contributed by atoms with Crippen molar-refractivity contribution in [1.82, 2.24) is 14.5 Å². The van der Waals surface area contributed by atoms with Crippen molar-refractivity contribution in [3.63, 3.8) is 0 Å². The Balaban J connectivity index is 1.78. The molecular formula is C26H23N3O4. The largest absolute Gasteiger partial charge is 0.393 e. The quantitative estimate of drug-likeness (QED) is 0.419. The van der Waals surface area contributed by atoms with Gasteiger partial charge in [0.05, 0.1) is 28.7 Å². The van der Waals surface area contributed by atoms with E-state index < -0.39 is 24.2 Å². The maximum atomic E-state index is 13.2. The molecule has 7 nitrogen and oxygen atoms in total. The van der Waals surface area contributed by atoms with Crippen LogP contribution < -0.4 is 15.9 Å². The van der Waals surface area contributed by atoms with Gasteiger partial charge in [-0.3, -0.25) is 4.79 Å². The molecule has 166 valence electrons. The molecule has 3 atom stereocenters. The molecular weight excluding hydrogens is 418 g/mol. The molecule has 0 unspecified atom stereocenters. The van der Waals surface area contributed by atoms with Crippen LogP contribution >= 0.6 is 0 Å². The van der Waals surface area contributed by atoms with Gasteiger partial charge in [-0.25, -0.2) is 0 Å². The number of carbonyl (C=O) groups is 1. The van der Waals surface area contributed by atoms with Crippen molar-refractivity contribution in [2.75, 3.05) is 6.61 Å². The van der Waals surface area contributed by atoms with Crippen LogP contribution in [-0.2, 0) is 17.0 Å². The predicted molar refractivity (Wildman–Crippen MR) is 124 cm³/mol. The lowest BCUT2D eigenvalue weighted by molar-refractivity contribution is -0.192. The second-order valence-corrected chi connectivity index (χ2v) is 9.94. The number of benzene rings is 2. The Bertz CT molecular complexity index is 1730. The number of fused-ring (bicyclic) bond motifs is 13. The van der Waals surface area contributed by atoms with E-state index in [1.807, 2.05) is 25.1 Å². The SMILES string of the molecule is C[C@]12O[C@H](C[C@]1(O)CO)n1c3ccccc3c3c4c(c5c6c(n2c5c31)=CCCC=6)CNC4=O. The van der Waals surface area contributed by atoms with E-state index in [-0.39, 0.29) is 12.3 Å². The Morgan fingerprint density at radius 2 is 2.00 bits per heavy atom. The summed E-state index contributed by atoms with van der Waals surface area (Å²) in [7, 11) is 0. The molecule has 0 saturated carbocycles. The molecule has 7 heteroatoms. The van der Waals surface area contributed by atoms with Gasteiger partial charge < -0.3 is 29.4 Å². The van der Waals surface area contributed by atoms with Crippen LogP contribution in [0.3, 0.4) is 0 Å². The van der Waals surface area contributed by atoms with E-state index in [9.17, 15) is 15.0 Å². The maximum absolute atomic E-state index is 13.2. The highest BCUT2D eigenvalue weighted by Gasteiger charge is 2.60. The lowest BCUT2D eigenvalue weighted by atomic mass is 9.89. The lowest BCUT2D eigenvalue weighted by Crippen LogP contribution is -2.56. The van der Waals surface area contributed by atoms with E-state index in [1.165, 1.54) is 0 Å². The molecule has 2 aromatic heterocycles. The highest BCUT2D eigenvalue weighted by atomic mass is 16.6. The second kappa shape index (κ2) is 5.50. The van der Waals surface area contributed by atoms with Crippen molar-refractivity contribution in [1.29, 1.82) is 0 Å². The van der Waals surface area contributed by atoms with Crippen LogP contribution in [0.1, 0.15) is 48.3 Å². The van der Waals surface area contributed by atoms with Crippen molar-refractivity contribution in [2.45, 2.75) is 50.3 Å². The summed E-state index contributed by atoms with van der Waals surface area (Å²) in [4.78, 5) is 13.2. The summed E-state index contributed by atoms with van der Waals surface area (Å²) >= 11 is 0. The van der Waals surface area contributed by atoms with Gasteiger partial charge in [0.2, 0.25) is 0 Å². The monoisotopic (exact) mass is 441 g/mol. The number of carbonyl (C=O) groups excluding carboxylic acids is 1. The average Bonchev–Trinajstić information content (AvgIpc) is 3.51. The number of hydrogen-bond donors (Lipinski definition) is 3. The van der Waals surface area contributed by atoms with Crippen LogP contribution in [0, 0.1) is 0 Å². The molecule has 2 bridgehead atoms. The molecule has 1 fully saturated rings. The molecule has 0 radical (unpaired) electrons. The van der Waals surface area contributed by atoms with Gasteiger partial charge in [-0.15, -0.1) is 0 Å². The predicted octanol–water partition coefficient (Wildman–Crippen LogP) is 1.68. The Morgan fingerprint density at radius 3 is 2.85 bits per heavy atom. The van der Waals surface area contributed by atoms with E-state index >= 15 is 0 Å². The van der Waals surface area contributed by atoms with Gasteiger partial charge in [0.1, 0.15) is 11.8 Å². The second-order valence-electron chi connectivity index (χ2n) is 9.94. The first-order valence-electron chi connectivity index (χ1n) is 11.6. The number of aliphatic hydroxyl groups excluding tert-OH is 1. The van der Waals surface area contributed by atoms with Crippen LogP contribution in [0.5, 0.6) is 0 Å². The number of aromatic nitrogens is 2. The number of nitrogens with zero attached hydrogens (tertiary/aromatic N) is 2. The fourth-order valence-corrected chi connectivity index (χ4v) is 6.96. The number of aliphatic hydroxyl groups is 2. The molecule has 4 aliphatic rings. The fourth-order valence-electron chi connectivity index (χ4n) is 6.96. The van der Waals surface area contributed by atoms with Crippen molar-refractivity contribution >= 4 is 50.8 Å². The minimum atomic E-state index is -1.45. The Labute approximate surface area is 188 Å². The summed E-state index contributed by atoms with van der Waals surface area (Å²) in [6.45, 7) is 1.97. The van der Waals surface area contributed by atoms with Gasteiger partial charge in [0.15, 0.2) is 5.72 Å². The van der Waals surface area contributed by atoms with Gasteiger partial charge in [-0.2, -0.15) is 0 Å².